The maximum absolute atomic E-state index is 13.8. The van der Waals surface area contributed by atoms with E-state index >= 15 is 0 Å². The van der Waals surface area contributed by atoms with Crippen molar-refractivity contribution in [3.63, 3.8) is 0 Å². The average molecular weight is 604 g/mol. The fraction of sp³-hybridized carbons (Fsp3) is 0.394. The minimum absolute atomic E-state index is 0.0667. The van der Waals surface area contributed by atoms with Crippen LogP contribution in [-0.4, -0.2) is 67.6 Å². The number of pyridine rings is 1. The van der Waals surface area contributed by atoms with Crippen molar-refractivity contribution in [3.05, 3.63) is 70.7 Å². The van der Waals surface area contributed by atoms with Gasteiger partial charge in [-0.3, -0.25) is 14.6 Å². The number of anilines is 1. The lowest BCUT2D eigenvalue weighted by atomic mass is 9.81. The fourth-order valence-electron chi connectivity index (χ4n) is 5.36. The number of nitrogen functional groups attached to an aromatic ring is 1. The number of ether oxygens (including phenoxy) is 2. The van der Waals surface area contributed by atoms with E-state index in [1.54, 1.807) is 58.3 Å². The quantitative estimate of drug-likeness (QED) is 0.205. The summed E-state index contributed by atoms with van der Waals surface area (Å²) in [4.78, 5) is 35.9. The fourth-order valence-corrected chi connectivity index (χ4v) is 5.36. The average Bonchev–Trinajstić information content (AvgIpc) is 3.71. The first-order chi connectivity index (χ1) is 20.8. The van der Waals surface area contributed by atoms with Crippen LogP contribution in [0.5, 0.6) is 11.5 Å². The van der Waals surface area contributed by atoms with Crippen LogP contribution < -0.4 is 25.8 Å². The lowest BCUT2D eigenvalue weighted by Gasteiger charge is -2.26. The predicted molar refractivity (Wildman–Crippen MR) is 166 cm³/mol. The van der Waals surface area contributed by atoms with E-state index in [0.29, 0.717) is 57.4 Å². The first-order valence-corrected chi connectivity index (χ1v) is 14.4. The van der Waals surface area contributed by atoms with Crippen molar-refractivity contribution in [2.24, 2.45) is 4.99 Å². The molecule has 232 valence electrons. The number of aliphatic hydroxyl groups is 1. The molecule has 5 N–H and O–H groups in total. The molecule has 1 aliphatic carbocycles. The van der Waals surface area contributed by atoms with E-state index in [2.05, 4.69) is 15.6 Å². The molecule has 10 nitrogen and oxygen atoms in total. The zero-order valence-corrected chi connectivity index (χ0v) is 25.6. The SMILES string of the molecule is CN=Cc1cc(C(=O)NCC2(c3cc4c(c(-c5ccc(F)cc5)n3)OC[C@]4(C)C(=O)NCC(C)(C)O)CC2)cc(OC)c1N. The van der Waals surface area contributed by atoms with E-state index in [4.69, 9.17) is 20.2 Å². The van der Waals surface area contributed by atoms with Crippen LogP contribution in [0.1, 0.15) is 60.8 Å². The second kappa shape index (κ2) is 11.5. The van der Waals surface area contributed by atoms with Crippen molar-refractivity contribution >= 4 is 23.7 Å². The predicted octanol–water partition coefficient (Wildman–Crippen LogP) is 3.53. The summed E-state index contributed by atoms with van der Waals surface area (Å²) in [7, 11) is 3.10. The van der Waals surface area contributed by atoms with Gasteiger partial charge in [-0.1, -0.05) is 0 Å². The number of carbonyl (C=O) groups is 2. The second-order valence-electron chi connectivity index (χ2n) is 12.4. The Morgan fingerprint density at radius 2 is 1.91 bits per heavy atom. The van der Waals surface area contributed by atoms with Crippen LogP contribution in [-0.2, 0) is 15.6 Å². The Hall–Kier alpha value is -4.51. The van der Waals surface area contributed by atoms with Gasteiger partial charge in [-0.15, -0.1) is 0 Å². The topological polar surface area (TPSA) is 148 Å². The highest BCUT2D eigenvalue weighted by molar-refractivity contribution is 5.99. The zero-order valence-electron chi connectivity index (χ0n) is 25.6. The van der Waals surface area contributed by atoms with Gasteiger partial charge in [0.2, 0.25) is 5.91 Å². The van der Waals surface area contributed by atoms with E-state index in [1.165, 1.54) is 19.2 Å². The molecule has 11 heteroatoms. The van der Waals surface area contributed by atoms with Gasteiger partial charge in [0.25, 0.3) is 5.91 Å². The van der Waals surface area contributed by atoms with E-state index < -0.39 is 16.4 Å². The number of rotatable bonds is 10. The van der Waals surface area contributed by atoms with Crippen molar-refractivity contribution in [2.45, 2.75) is 50.0 Å². The molecule has 2 amide bonds. The molecule has 0 saturated heterocycles. The van der Waals surface area contributed by atoms with Crippen molar-refractivity contribution in [1.29, 1.82) is 0 Å². The minimum atomic E-state index is -1.09. The summed E-state index contributed by atoms with van der Waals surface area (Å²) in [5.41, 5.74) is 7.36. The van der Waals surface area contributed by atoms with Crippen LogP contribution in [0.4, 0.5) is 10.1 Å². The van der Waals surface area contributed by atoms with Gasteiger partial charge in [-0.05, 0) is 76.1 Å². The normalized spacial score (nSPS) is 18.4. The third-order valence-electron chi connectivity index (χ3n) is 8.28. The highest BCUT2D eigenvalue weighted by atomic mass is 19.1. The van der Waals surface area contributed by atoms with Gasteiger partial charge in [0.15, 0.2) is 0 Å². The minimum Gasteiger partial charge on any atom is -0.495 e. The van der Waals surface area contributed by atoms with Crippen LogP contribution in [0.2, 0.25) is 0 Å². The van der Waals surface area contributed by atoms with Gasteiger partial charge in [-0.25, -0.2) is 9.37 Å². The highest BCUT2D eigenvalue weighted by Crippen LogP contribution is 2.52. The maximum atomic E-state index is 13.8. The Kier molecular flexibility index (Phi) is 8.11. The van der Waals surface area contributed by atoms with Gasteiger partial charge < -0.3 is 30.9 Å². The molecule has 1 fully saturated rings. The Bertz CT molecular complexity index is 1630. The molecule has 0 radical (unpaired) electrons. The number of halogens is 1. The number of amides is 2. The monoisotopic (exact) mass is 603 g/mol. The van der Waals surface area contributed by atoms with Crippen molar-refractivity contribution in [2.75, 3.05) is 39.6 Å². The third-order valence-corrected chi connectivity index (χ3v) is 8.28. The Balaban J connectivity index is 1.49. The Morgan fingerprint density at radius 1 is 1.20 bits per heavy atom. The summed E-state index contributed by atoms with van der Waals surface area (Å²) in [6, 6.07) is 11.1. The molecule has 0 unspecified atom stereocenters. The molecule has 1 atom stereocenters. The molecule has 2 aromatic carbocycles. The Morgan fingerprint density at radius 3 is 2.52 bits per heavy atom. The van der Waals surface area contributed by atoms with Crippen LogP contribution in [0, 0.1) is 5.82 Å². The van der Waals surface area contributed by atoms with E-state index in [-0.39, 0.29) is 30.8 Å². The van der Waals surface area contributed by atoms with Crippen LogP contribution in [0.25, 0.3) is 11.3 Å². The molecule has 5 rings (SSSR count). The molecule has 1 aromatic heterocycles. The number of nitrogens with two attached hydrogens (primary N) is 1. The van der Waals surface area contributed by atoms with Crippen LogP contribution in [0.3, 0.4) is 0 Å². The number of hydrogen-bond donors (Lipinski definition) is 4. The van der Waals surface area contributed by atoms with E-state index in [0.717, 1.165) is 12.8 Å². The molecule has 0 bridgehead atoms. The summed E-state index contributed by atoms with van der Waals surface area (Å²) < 4.78 is 25.3. The molecule has 44 heavy (non-hydrogen) atoms. The van der Waals surface area contributed by atoms with Gasteiger partial charge >= 0.3 is 0 Å². The summed E-state index contributed by atoms with van der Waals surface area (Å²) in [5, 5.41) is 16.1. The molecule has 2 heterocycles. The van der Waals surface area contributed by atoms with E-state index in [9.17, 15) is 19.1 Å². The van der Waals surface area contributed by atoms with Crippen molar-refractivity contribution in [3.8, 4) is 22.8 Å². The van der Waals surface area contributed by atoms with Crippen LogP contribution in [0.15, 0.2) is 47.5 Å². The summed E-state index contributed by atoms with van der Waals surface area (Å²) in [6.45, 7) is 5.47. The molecule has 3 aromatic rings. The molecule has 0 spiro atoms. The van der Waals surface area contributed by atoms with Gasteiger partial charge in [0, 0.05) is 59.7 Å². The molecular weight excluding hydrogens is 565 g/mol. The number of nitrogens with one attached hydrogen (secondary N) is 2. The summed E-state index contributed by atoms with van der Waals surface area (Å²) in [6.07, 6.45) is 3.10. The largest absolute Gasteiger partial charge is 0.495 e. The second-order valence-corrected chi connectivity index (χ2v) is 12.4. The number of nitrogens with zero attached hydrogens (tertiary/aromatic N) is 2. The summed E-state index contributed by atoms with van der Waals surface area (Å²) >= 11 is 0. The number of fused-ring (bicyclic) bond motifs is 1. The van der Waals surface area contributed by atoms with Gasteiger partial charge in [-0.2, -0.15) is 0 Å². The van der Waals surface area contributed by atoms with Gasteiger partial charge in [0.1, 0.15) is 35.0 Å². The standard InChI is InChI=1S/C33H38FN5O5/c1-31(2,42)16-38-30(41)32(3)18-44-28-23(32)14-25(39-27(28)19-6-8-22(34)9-7-19)33(10-11-33)17-37-29(40)20-12-21(15-36-4)26(35)24(13-20)43-5/h6-9,12-15,42H,10-11,16-18,35H2,1-5H3,(H,37,40)(H,38,41)/t32-/m0/s1. The number of benzene rings is 2. The maximum Gasteiger partial charge on any atom is 0.251 e. The Labute approximate surface area is 255 Å². The number of hydrogen-bond acceptors (Lipinski definition) is 8. The van der Waals surface area contributed by atoms with Crippen LogP contribution >= 0.6 is 0 Å². The number of carbonyl (C=O) groups excluding carboxylic acids is 2. The lowest BCUT2D eigenvalue weighted by Crippen LogP contribution is -2.48. The first kappa shape index (κ1) is 30.9. The smallest absolute Gasteiger partial charge is 0.251 e. The molecule has 1 saturated carbocycles. The molecular formula is C33H38FN5O5. The summed E-state index contributed by atoms with van der Waals surface area (Å²) in [5.74, 6) is -0.144. The van der Waals surface area contributed by atoms with E-state index in [1.807, 2.05) is 6.07 Å². The van der Waals surface area contributed by atoms with Crippen molar-refractivity contribution in [1.82, 2.24) is 15.6 Å². The van der Waals surface area contributed by atoms with Gasteiger partial charge in [0.05, 0.1) is 18.4 Å². The number of aromatic nitrogens is 1. The zero-order chi connectivity index (χ0) is 31.9. The number of aliphatic imine (C=N–C) groups is 1. The number of methoxy groups -OCH3 is 1. The molecule has 2 aliphatic rings. The highest BCUT2D eigenvalue weighted by Gasteiger charge is 2.50. The lowest BCUT2D eigenvalue weighted by molar-refractivity contribution is -0.127. The first-order valence-electron chi connectivity index (χ1n) is 14.4. The molecule has 1 aliphatic heterocycles. The van der Waals surface area contributed by atoms with Crippen molar-refractivity contribution < 1.29 is 28.6 Å². The third kappa shape index (κ3) is 5.96.